The van der Waals surface area contributed by atoms with Crippen molar-refractivity contribution < 1.29 is 17.9 Å². The Bertz CT molecular complexity index is 892. The molecule has 3 aromatic rings. The Morgan fingerprint density at radius 2 is 1.88 bits per heavy atom. The molecule has 0 amide bonds. The third kappa shape index (κ3) is 3.80. The molecule has 0 fully saturated rings. The Morgan fingerprint density at radius 3 is 2.67 bits per heavy atom. The minimum atomic E-state index is -4.76. The maximum Gasteiger partial charge on any atom is 0.573 e. The molecule has 1 aromatic heterocycles. The summed E-state index contributed by atoms with van der Waals surface area (Å²) in [5.74, 6) is -0.0904. The lowest BCUT2D eigenvalue weighted by Crippen LogP contribution is -2.18. The van der Waals surface area contributed by atoms with Crippen LogP contribution < -0.4 is 10.5 Å². The van der Waals surface area contributed by atoms with Gasteiger partial charge in [-0.25, -0.2) is 0 Å². The first-order valence-electron chi connectivity index (χ1n) is 6.79. The minimum Gasteiger partial charge on any atom is -0.405 e. The third-order valence-electron chi connectivity index (χ3n) is 3.17. The zero-order valence-electron chi connectivity index (χ0n) is 12.1. The minimum absolute atomic E-state index is 0.0363. The first-order chi connectivity index (χ1) is 11.4. The molecule has 0 radical (unpaired) electrons. The van der Waals surface area contributed by atoms with E-state index in [9.17, 15) is 13.2 Å². The van der Waals surface area contributed by atoms with Gasteiger partial charge in [-0.05, 0) is 24.3 Å². The van der Waals surface area contributed by atoms with E-state index in [4.69, 9.17) is 5.73 Å². The summed E-state index contributed by atoms with van der Waals surface area (Å²) in [6, 6.07) is 11.0. The van der Waals surface area contributed by atoms with Gasteiger partial charge in [0.2, 0.25) is 0 Å². The van der Waals surface area contributed by atoms with Crippen LogP contribution in [0.4, 0.5) is 13.2 Å². The molecule has 5 nitrogen and oxygen atoms in total. The van der Waals surface area contributed by atoms with Crippen LogP contribution in [0.2, 0.25) is 0 Å². The van der Waals surface area contributed by atoms with Gasteiger partial charge in [-0.1, -0.05) is 18.2 Å². The van der Waals surface area contributed by atoms with Crippen LogP contribution in [0.5, 0.6) is 5.75 Å². The number of halogens is 3. The summed E-state index contributed by atoms with van der Waals surface area (Å²) in [6.45, 7) is -0.0363. The fourth-order valence-corrected chi connectivity index (χ4v) is 2.58. The van der Waals surface area contributed by atoms with Crippen molar-refractivity contribution in [2.45, 2.75) is 12.9 Å². The highest BCUT2D eigenvalue weighted by Gasteiger charge is 2.31. The number of benzene rings is 2. The Morgan fingerprint density at radius 1 is 1.12 bits per heavy atom. The fourth-order valence-electron chi connectivity index (χ4n) is 2.06. The van der Waals surface area contributed by atoms with Crippen molar-refractivity contribution >= 4 is 28.6 Å². The SMILES string of the molecule is NC(=NCc1ccccc1OC(F)(F)F)c1ccc2nsnc2c1. The molecule has 2 aromatic carbocycles. The summed E-state index contributed by atoms with van der Waals surface area (Å²) >= 11 is 1.09. The molecule has 0 saturated heterocycles. The summed E-state index contributed by atoms with van der Waals surface area (Å²) < 4.78 is 49.4. The largest absolute Gasteiger partial charge is 0.573 e. The maximum atomic E-state index is 12.4. The molecule has 1 heterocycles. The van der Waals surface area contributed by atoms with E-state index in [1.165, 1.54) is 18.2 Å². The highest BCUT2D eigenvalue weighted by molar-refractivity contribution is 7.00. The van der Waals surface area contributed by atoms with Crippen molar-refractivity contribution in [2.75, 3.05) is 0 Å². The van der Waals surface area contributed by atoms with E-state index in [2.05, 4.69) is 18.5 Å². The molecule has 0 aliphatic rings. The number of para-hydroxylation sites is 1. The zero-order chi connectivity index (χ0) is 17.2. The molecular weight excluding hydrogens is 341 g/mol. The van der Waals surface area contributed by atoms with E-state index in [1.807, 2.05) is 0 Å². The van der Waals surface area contributed by atoms with Crippen LogP contribution in [0.15, 0.2) is 47.5 Å². The molecule has 3 rings (SSSR count). The topological polar surface area (TPSA) is 73.4 Å². The predicted octanol–water partition coefficient (Wildman–Crippen LogP) is 3.50. The lowest BCUT2D eigenvalue weighted by molar-refractivity contribution is -0.274. The normalized spacial score (nSPS) is 12.5. The molecule has 2 N–H and O–H groups in total. The summed E-state index contributed by atoms with van der Waals surface area (Å²) in [5.41, 5.74) is 8.28. The van der Waals surface area contributed by atoms with Crippen LogP contribution in [-0.4, -0.2) is 20.9 Å². The average Bonchev–Trinajstić information content (AvgIpc) is 2.99. The molecule has 9 heteroatoms. The third-order valence-corrected chi connectivity index (χ3v) is 3.72. The van der Waals surface area contributed by atoms with E-state index in [1.54, 1.807) is 24.3 Å². The highest BCUT2D eigenvalue weighted by atomic mass is 32.1. The standard InChI is InChI=1S/C15H11F3N4OS/c16-15(17,18)23-13-4-2-1-3-10(13)8-20-14(19)9-5-6-11-12(7-9)22-24-21-11/h1-7H,8H2,(H2,19,20). The Labute approximate surface area is 138 Å². The quantitative estimate of drug-likeness (QED) is 0.576. The zero-order valence-corrected chi connectivity index (χ0v) is 12.9. The van der Waals surface area contributed by atoms with Crippen LogP contribution in [0.25, 0.3) is 11.0 Å². The molecule has 0 saturated carbocycles. The van der Waals surface area contributed by atoms with E-state index in [-0.39, 0.29) is 23.7 Å². The Balaban J connectivity index is 1.82. The summed E-state index contributed by atoms with van der Waals surface area (Å²) in [5, 5.41) is 0. The molecule has 24 heavy (non-hydrogen) atoms. The van der Waals surface area contributed by atoms with Crippen molar-refractivity contribution in [1.82, 2.24) is 8.75 Å². The first kappa shape index (κ1) is 16.2. The van der Waals surface area contributed by atoms with Crippen molar-refractivity contribution in [3.8, 4) is 5.75 Å². The number of nitrogens with zero attached hydrogens (tertiary/aromatic N) is 3. The van der Waals surface area contributed by atoms with Gasteiger partial charge in [-0.2, -0.15) is 8.75 Å². The van der Waals surface area contributed by atoms with Gasteiger partial charge in [0.1, 0.15) is 22.6 Å². The van der Waals surface area contributed by atoms with Crippen molar-refractivity contribution in [1.29, 1.82) is 0 Å². The van der Waals surface area contributed by atoms with Gasteiger partial charge in [0.25, 0.3) is 0 Å². The van der Waals surface area contributed by atoms with Gasteiger partial charge in [-0.3, -0.25) is 4.99 Å². The number of rotatable bonds is 4. The fraction of sp³-hybridized carbons (Fsp3) is 0.133. The predicted molar refractivity (Wildman–Crippen MR) is 85.0 cm³/mol. The van der Waals surface area contributed by atoms with Gasteiger partial charge >= 0.3 is 6.36 Å². The number of hydrogen-bond donors (Lipinski definition) is 1. The molecular formula is C15H11F3N4OS. The number of aromatic nitrogens is 2. The van der Waals surface area contributed by atoms with Gasteiger partial charge in [-0.15, -0.1) is 13.2 Å². The Kier molecular flexibility index (Phi) is 4.34. The van der Waals surface area contributed by atoms with Crippen molar-refractivity contribution in [2.24, 2.45) is 10.7 Å². The van der Waals surface area contributed by atoms with Gasteiger partial charge < -0.3 is 10.5 Å². The van der Waals surface area contributed by atoms with Gasteiger partial charge in [0.15, 0.2) is 0 Å². The average molecular weight is 352 g/mol. The van der Waals surface area contributed by atoms with Crippen LogP contribution >= 0.6 is 11.7 Å². The van der Waals surface area contributed by atoms with Crippen LogP contribution in [0, 0.1) is 0 Å². The number of fused-ring (bicyclic) bond motifs is 1. The van der Waals surface area contributed by atoms with Crippen molar-refractivity contribution in [3.63, 3.8) is 0 Å². The van der Waals surface area contributed by atoms with Crippen LogP contribution in [0.1, 0.15) is 11.1 Å². The Hall–Kier alpha value is -2.68. The number of nitrogens with two attached hydrogens (primary N) is 1. The molecule has 124 valence electrons. The van der Waals surface area contributed by atoms with Crippen molar-refractivity contribution in [3.05, 3.63) is 53.6 Å². The second-order valence-electron chi connectivity index (χ2n) is 4.82. The lowest BCUT2D eigenvalue weighted by atomic mass is 10.1. The molecule has 0 aliphatic carbocycles. The van der Waals surface area contributed by atoms with Crippen LogP contribution in [0.3, 0.4) is 0 Å². The molecule has 0 unspecified atom stereocenters. The maximum absolute atomic E-state index is 12.4. The second-order valence-corrected chi connectivity index (χ2v) is 5.35. The van der Waals surface area contributed by atoms with Gasteiger partial charge in [0, 0.05) is 11.1 Å². The molecule has 0 spiro atoms. The number of ether oxygens (including phenoxy) is 1. The molecule has 0 aliphatic heterocycles. The summed E-state index contributed by atoms with van der Waals surface area (Å²) in [6.07, 6.45) is -4.76. The smallest absolute Gasteiger partial charge is 0.405 e. The lowest BCUT2D eigenvalue weighted by Gasteiger charge is -2.12. The second kappa shape index (κ2) is 6.44. The van der Waals surface area contributed by atoms with E-state index in [0.717, 1.165) is 17.2 Å². The molecule has 0 bridgehead atoms. The monoisotopic (exact) mass is 352 g/mol. The number of aliphatic imine (C=N–C) groups is 1. The number of amidine groups is 1. The van der Waals surface area contributed by atoms with E-state index >= 15 is 0 Å². The number of hydrogen-bond acceptors (Lipinski definition) is 5. The van der Waals surface area contributed by atoms with E-state index in [0.29, 0.717) is 11.1 Å². The highest BCUT2D eigenvalue weighted by Crippen LogP contribution is 2.26. The summed E-state index contributed by atoms with van der Waals surface area (Å²) in [4.78, 5) is 4.15. The number of alkyl halides is 3. The van der Waals surface area contributed by atoms with Gasteiger partial charge in [0.05, 0.1) is 18.3 Å². The first-order valence-corrected chi connectivity index (χ1v) is 7.52. The molecule has 0 atom stereocenters. The van der Waals surface area contributed by atoms with E-state index < -0.39 is 6.36 Å². The summed E-state index contributed by atoms with van der Waals surface area (Å²) in [7, 11) is 0. The van der Waals surface area contributed by atoms with Crippen LogP contribution in [-0.2, 0) is 6.54 Å².